The highest BCUT2D eigenvalue weighted by molar-refractivity contribution is 7.89. The number of benzene rings is 2. The molecule has 0 aliphatic rings. The second kappa shape index (κ2) is 9.72. The molecule has 174 valence electrons. The van der Waals surface area contributed by atoms with Crippen LogP contribution in [0.15, 0.2) is 76.7 Å². The van der Waals surface area contributed by atoms with Crippen molar-refractivity contribution in [3.05, 3.63) is 99.3 Å². The van der Waals surface area contributed by atoms with Crippen LogP contribution in [0.1, 0.15) is 21.7 Å². The van der Waals surface area contributed by atoms with Crippen molar-refractivity contribution in [1.82, 2.24) is 24.6 Å². The summed E-state index contributed by atoms with van der Waals surface area (Å²) < 4.78 is 28.1. The van der Waals surface area contributed by atoms with E-state index in [2.05, 4.69) is 19.7 Å². The van der Waals surface area contributed by atoms with Gasteiger partial charge in [-0.15, -0.1) is 0 Å². The van der Waals surface area contributed by atoms with Crippen molar-refractivity contribution in [2.45, 2.75) is 18.0 Å². The average Bonchev–Trinajstić information content (AvgIpc) is 2.83. The fraction of sp³-hybridized carbons (Fsp3) is 0.130. The van der Waals surface area contributed by atoms with Gasteiger partial charge in [0.15, 0.2) is 0 Å². The number of aromatic amines is 1. The number of para-hydroxylation sites is 1. The minimum atomic E-state index is -4.00. The van der Waals surface area contributed by atoms with Crippen LogP contribution in [0.4, 0.5) is 0 Å². The van der Waals surface area contributed by atoms with Crippen molar-refractivity contribution in [2.75, 3.05) is 7.05 Å². The first-order valence-electron chi connectivity index (χ1n) is 10.2. The number of H-pyrrole nitrogens is 1. The van der Waals surface area contributed by atoms with Gasteiger partial charge in [0.25, 0.3) is 11.5 Å². The zero-order valence-electron chi connectivity index (χ0n) is 18.0. The number of halogens is 1. The van der Waals surface area contributed by atoms with Gasteiger partial charge >= 0.3 is 0 Å². The summed E-state index contributed by atoms with van der Waals surface area (Å²) >= 11 is 6.14. The molecule has 4 aromatic rings. The maximum Gasteiger partial charge on any atom is 0.258 e. The zero-order valence-corrected chi connectivity index (χ0v) is 19.6. The second-order valence-electron chi connectivity index (χ2n) is 7.52. The number of hydrogen-bond donors (Lipinski definition) is 2. The van der Waals surface area contributed by atoms with Gasteiger partial charge in [-0.1, -0.05) is 29.8 Å². The van der Waals surface area contributed by atoms with E-state index in [1.807, 2.05) is 0 Å². The van der Waals surface area contributed by atoms with Crippen molar-refractivity contribution < 1.29 is 13.2 Å². The number of carbonyl (C=O) groups excluding carboxylic acids is 1. The molecule has 2 aromatic carbocycles. The molecule has 0 saturated carbocycles. The van der Waals surface area contributed by atoms with Gasteiger partial charge in [0, 0.05) is 31.5 Å². The van der Waals surface area contributed by atoms with Crippen LogP contribution in [-0.2, 0) is 23.1 Å². The fourth-order valence-corrected chi connectivity index (χ4v) is 4.87. The molecule has 0 radical (unpaired) electrons. The summed E-state index contributed by atoms with van der Waals surface area (Å²) in [6.45, 7) is 0.0362. The van der Waals surface area contributed by atoms with Crippen LogP contribution in [0, 0.1) is 0 Å². The Morgan fingerprint density at radius 3 is 2.71 bits per heavy atom. The van der Waals surface area contributed by atoms with Crippen molar-refractivity contribution in [2.24, 2.45) is 0 Å². The quantitative estimate of drug-likeness (QED) is 0.404. The molecule has 2 N–H and O–H groups in total. The molecular weight excluding hydrogens is 478 g/mol. The van der Waals surface area contributed by atoms with E-state index in [9.17, 15) is 18.0 Å². The lowest BCUT2D eigenvalue weighted by Gasteiger charge is -2.18. The van der Waals surface area contributed by atoms with Crippen molar-refractivity contribution in [3.63, 3.8) is 0 Å². The summed E-state index contributed by atoms with van der Waals surface area (Å²) in [6, 6.07) is 14.3. The molecule has 0 aliphatic carbocycles. The van der Waals surface area contributed by atoms with Crippen molar-refractivity contribution >= 4 is 38.4 Å². The van der Waals surface area contributed by atoms with Gasteiger partial charge in [-0.05, 0) is 42.0 Å². The summed E-state index contributed by atoms with van der Waals surface area (Å²) in [6.07, 6.45) is 3.13. The highest BCUT2D eigenvalue weighted by Crippen LogP contribution is 2.24. The summed E-state index contributed by atoms with van der Waals surface area (Å²) in [5, 5.41) is 0.435. The lowest BCUT2D eigenvalue weighted by Crippen LogP contribution is -2.29. The first kappa shape index (κ1) is 23.6. The standard InChI is InChI=1S/C23H20ClN5O4S/c1-29(14-21-27-19-7-3-2-6-17(19)22(30)28-21)23(31)16-8-9-18(24)20(11-16)34(32,33)26-13-15-5-4-10-25-12-15/h2-12,26H,13-14H2,1H3,(H,27,28,30). The van der Waals surface area contributed by atoms with Crippen LogP contribution in [0.2, 0.25) is 5.02 Å². The van der Waals surface area contributed by atoms with Gasteiger partial charge < -0.3 is 9.88 Å². The number of sulfonamides is 1. The Balaban J connectivity index is 1.54. The highest BCUT2D eigenvalue weighted by Gasteiger charge is 2.22. The molecule has 9 nitrogen and oxygen atoms in total. The maximum atomic E-state index is 13.0. The van der Waals surface area contributed by atoms with E-state index in [0.717, 1.165) is 0 Å². The lowest BCUT2D eigenvalue weighted by molar-refractivity contribution is 0.0781. The third kappa shape index (κ3) is 5.14. The molecule has 11 heteroatoms. The van der Waals surface area contributed by atoms with E-state index in [1.165, 1.54) is 30.1 Å². The summed E-state index contributed by atoms with van der Waals surface area (Å²) in [5.74, 6) is -0.157. The van der Waals surface area contributed by atoms with Crippen LogP contribution in [0.5, 0.6) is 0 Å². The number of amides is 1. The summed E-state index contributed by atoms with van der Waals surface area (Å²) in [7, 11) is -2.47. The van der Waals surface area contributed by atoms with E-state index in [-0.39, 0.29) is 34.1 Å². The molecule has 1 amide bonds. The highest BCUT2D eigenvalue weighted by atomic mass is 35.5. The number of nitrogens with zero attached hydrogens (tertiary/aromatic N) is 3. The normalized spacial score (nSPS) is 11.5. The van der Waals surface area contributed by atoms with Gasteiger partial charge in [0.1, 0.15) is 10.7 Å². The molecule has 0 bridgehead atoms. The first-order valence-corrected chi connectivity index (χ1v) is 12.0. The predicted octanol–water partition coefficient (Wildman–Crippen LogP) is 2.72. The molecule has 0 spiro atoms. The molecular formula is C23H20ClN5O4S. The predicted molar refractivity (Wildman–Crippen MR) is 128 cm³/mol. The second-order valence-corrected chi connectivity index (χ2v) is 9.66. The van der Waals surface area contributed by atoms with Gasteiger partial charge in [-0.2, -0.15) is 0 Å². The molecule has 2 aromatic heterocycles. The minimum Gasteiger partial charge on any atom is -0.334 e. The summed E-state index contributed by atoms with van der Waals surface area (Å²) in [5.41, 5.74) is 1.01. The molecule has 0 aliphatic heterocycles. The van der Waals surface area contributed by atoms with E-state index in [1.54, 1.807) is 48.8 Å². The summed E-state index contributed by atoms with van der Waals surface area (Å²) in [4.78, 5) is 37.4. The molecule has 0 unspecified atom stereocenters. The number of nitrogens with one attached hydrogen (secondary N) is 2. The molecule has 2 heterocycles. The number of fused-ring (bicyclic) bond motifs is 1. The van der Waals surface area contributed by atoms with E-state index in [4.69, 9.17) is 11.6 Å². The number of aromatic nitrogens is 3. The third-order valence-corrected chi connectivity index (χ3v) is 6.94. The van der Waals surface area contributed by atoms with Gasteiger partial charge in [-0.25, -0.2) is 18.1 Å². The van der Waals surface area contributed by atoms with Gasteiger partial charge in [0.05, 0.1) is 22.5 Å². The SMILES string of the molecule is CN(Cc1nc2ccccc2c(=O)[nH]1)C(=O)c1ccc(Cl)c(S(=O)(=O)NCc2cccnc2)c1. The Labute approximate surface area is 200 Å². The third-order valence-electron chi connectivity index (χ3n) is 5.05. The van der Waals surface area contributed by atoms with Crippen molar-refractivity contribution in [1.29, 1.82) is 0 Å². The minimum absolute atomic E-state index is 0.0154. The molecule has 0 fully saturated rings. The monoisotopic (exact) mass is 497 g/mol. The number of pyridine rings is 1. The number of rotatable bonds is 7. The van der Waals surface area contributed by atoms with Crippen molar-refractivity contribution in [3.8, 4) is 0 Å². The number of carbonyl (C=O) groups is 1. The average molecular weight is 498 g/mol. The Bertz CT molecular complexity index is 1520. The van der Waals surface area contributed by atoms with Crippen LogP contribution in [-0.4, -0.2) is 41.2 Å². The Kier molecular flexibility index (Phi) is 6.73. The van der Waals surface area contributed by atoms with E-state index in [0.29, 0.717) is 22.3 Å². The Morgan fingerprint density at radius 2 is 1.94 bits per heavy atom. The first-order chi connectivity index (χ1) is 16.2. The maximum absolute atomic E-state index is 13.0. The molecule has 0 atom stereocenters. The van der Waals surface area contributed by atoms with E-state index >= 15 is 0 Å². The Hall–Kier alpha value is -3.60. The number of hydrogen-bond acceptors (Lipinski definition) is 6. The van der Waals surface area contributed by atoms with Crippen LogP contribution in [0.25, 0.3) is 10.9 Å². The molecule has 34 heavy (non-hydrogen) atoms. The zero-order chi connectivity index (χ0) is 24.3. The largest absolute Gasteiger partial charge is 0.334 e. The van der Waals surface area contributed by atoms with Gasteiger partial charge in [0.2, 0.25) is 10.0 Å². The molecule has 0 saturated heterocycles. The topological polar surface area (TPSA) is 125 Å². The van der Waals surface area contributed by atoms with Crippen LogP contribution < -0.4 is 10.3 Å². The smallest absolute Gasteiger partial charge is 0.258 e. The van der Waals surface area contributed by atoms with E-state index < -0.39 is 15.9 Å². The fourth-order valence-electron chi connectivity index (χ4n) is 3.33. The van der Waals surface area contributed by atoms with Gasteiger partial charge in [-0.3, -0.25) is 14.6 Å². The Morgan fingerprint density at radius 1 is 1.15 bits per heavy atom. The lowest BCUT2D eigenvalue weighted by atomic mass is 10.2. The van der Waals surface area contributed by atoms with Crippen LogP contribution >= 0.6 is 11.6 Å². The van der Waals surface area contributed by atoms with Crippen LogP contribution in [0.3, 0.4) is 0 Å². The molecule has 4 rings (SSSR count).